The molecule has 0 fully saturated rings. The Morgan fingerprint density at radius 3 is 1.64 bits per heavy atom. The molecule has 0 atom stereocenters. The van der Waals surface area contributed by atoms with Crippen molar-refractivity contribution in [2.24, 2.45) is 0 Å². The van der Waals surface area contributed by atoms with Crippen LogP contribution in [0.4, 0.5) is 8.78 Å². The van der Waals surface area contributed by atoms with Crippen LogP contribution in [0.5, 0.6) is 0 Å². The van der Waals surface area contributed by atoms with Gasteiger partial charge in [-0.25, -0.2) is 23.7 Å². The van der Waals surface area contributed by atoms with Gasteiger partial charge in [0.1, 0.15) is 11.6 Å². The van der Waals surface area contributed by atoms with E-state index in [1.807, 2.05) is 115 Å². The number of nitrogens with zero attached hydrogens (tertiary/aromatic N) is 6. The average Bonchev–Trinajstić information content (AvgIpc) is 3.57. The van der Waals surface area contributed by atoms with Crippen LogP contribution in [0.3, 0.4) is 0 Å². The summed E-state index contributed by atoms with van der Waals surface area (Å²) in [6.07, 6.45) is 0. The van der Waals surface area contributed by atoms with E-state index in [-0.39, 0.29) is 0 Å². The van der Waals surface area contributed by atoms with E-state index in [2.05, 4.69) is 22.8 Å². The predicted octanol–water partition coefficient (Wildman–Crippen LogP) is 11.3. The molecule has 0 radical (unpaired) electrons. The molecule has 0 amide bonds. The molecular weight excluding hydrogens is 687 g/mol. The Balaban J connectivity index is 1.28. The van der Waals surface area contributed by atoms with Gasteiger partial charge in [0.15, 0.2) is 17.5 Å². The summed E-state index contributed by atoms with van der Waals surface area (Å²) in [7, 11) is 0. The number of hydrogen-bond acceptors (Lipinski definition) is 5. The van der Waals surface area contributed by atoms with Crippen LogP contribution in [0.25, 0.3) is 83.9 Å². The van der Waals surface area contributed by atoms with E-state index in [4.69, 9.17) is 15.0 Å². The fourth-order valence-electron chi connectivity index (χ4n) is 7.10. The van der Waals surface area contributed by atoms with Gasteiger partial charge in [0, 0.05) is 39.2 Å². The second kappa shape index (κ2) is 13.6. The lowest BCUT2D eigenvalue weighted by atomic mass is 9.97. The van der Waals surface area contributed by atoms with Crippen LogP contribution in [-0.4, -0.2) is 19.5 Å². The highest BCUT2D eigenvalue weighted by atomic mass is 19.1. The van der Waals surface area contributed by atoms with Crippen molar-refractivity contribution in [1.29, 1.82) is 10.5 Å². The summed E-state index contributed by atoms with van der Waals surface area (Å²) in [5.74, 6) is -0.138. The first kappa shape index (κ1) is 33.1. The molecule has 0 aliphatic heterocycles. The maximum absolute atomic E-state index is 15.0. The highest BCUT2D eigenvalue weighted by Gasteiger charge is 2.20. The van der Waals surface area contributed by atoms with Gasteiger partial charge in [0.25, 0.3) is 0 Å². The minimum absolute atomic E-state index is 0.325. The number of rotatable bonds is 6. The normalized spacial score (nSPS) is 11.1. The average molecular weight is 713 g/mol. The van der Waals surface area contributed by atoms with E-state index in [9.17, 15) is 19.3 Å². The van der Waals surface area contributed by atoms with Gasteiger partial charge in [-0.3, -0.25) is 0 Å². The highest BCUT2D eigenvalue weighted by Crippen LogP contribution is 2.39. The summed E-state index contributed by atoms with van der Waals surface area (Å²) in [5, 5.41) is 21.2. The summed E-state index contributed by atoms with van der Waals surface area (Å²) in [4.78, 5) is 14.7. The van der Waals surface area contributed by atoms with Crippen molar-refractivity contribution in [2.45, 2.75) is 0 Å². The number of fused-ring (bicyclic) bond motifs is 3. The Morgan fingerprint density at radius 2 is 1.00 bits per heavy atom. The first-order valence-electron chi connectivity index (χ1n) is 17.4. The molecule has 0 bridgehead atoms. The summed E-state index contributed by atoms with van der Waals surface area (Å²) in [6, 6.07) is 51.9. The number of para-hydroxylation sites is 1. The third-order valence-electron chi connectivity index (χ3n) is 9.57. The quantitative estimate of drug-likeness (QED) is 0.171. The SMILES string of the molecule is N#Cc1cc(C#N)cc(-c2ccc3c(c2)c2ccccc2n3-c2ccc(-c3nc(-c4ccccc4)nc(-c4ccccc4)n3)c(-c3cc(F)cc(F)c3)c2)c1. The molecule has 55 heavy (non-hydrogen) atoms. The third-order valence-corrected chi connectivity index (χ3v) is 9.57. The summed E-state index contributed by atoms with van der Waals surface area (Å²) < 4.78 is 32.0. The van der Waals surface area contributed by atoms with Crippen LogP contribution >= 0.6 is 0 Å². The van der Waals surface area contributed by atoms with E-state index in [1.54, 1.807) is 18.2 Å². The first-order valence-corrected chi connectivity index (χ1v) is 17.4. The number of hydrogen-bond donors (Lipinski definition) is 0. The Bertz CT molecular complexity index is 2920. The van der Waals surface area contributed by atoms with E-state index in [1.165, 1.54) is 12.1 Å². The smallest absolute Gasteiger partial charge is 0.164 e. The molecule has 258 valence electrons. The maximum atomic E-state index is 15.0. The second-order valence-electron chi connectivity index (χ2n) is 13.0. The molecule has 2 aromatic heterocycles. The predicted molar refractivity (Wildman–Crippen MR) is 211 cm³/mol. The van der Waals surface area contributed by atoms with Crippen molar-refractivity contribution in [2.75, 3.05) is 0 Å². The molecule has 9 aromatic rings. The van der Waals surface area contributed by atoms with E-state index in [0.717, 1.165) is 55.8 Å². The Labute approximate surface area is 314 Å². The summed E-state index contributed by atoms with van der Waals surface area (Å²) in [5.41, 5.74) is 8.00. The largest absolute Gasteiger partial charge is 0.309 e. The molecule has 2 heterocycles. The van der Waals surface area contributed by atoms with Gasteiger partial charge in [-0.05, 0) is 89.0 Å². The molecule has 0 saturated carbocycles. The molecule has 7 aromatic carbocycles. The second-order valence-corrected chi connectivity index (χ2v) is 13.0. The Morgan fingerprint density at radius 1 is 0.418 bits per heavy atom. The van der Waals surface area contributed by atoms with Crippen molar-refractivity contribution in [3.8, 4) is 74.2 Å². The van der Waals surface area contributed by atoms with Crippen molar-refractivity contribution in [3.05, 3.63) is 180 Å². The van der Waals surface area contributed by atoms with Gasteiger partial charge in [-0.15, -0.1) is 0 Å². The van der Waals surface area contributed by atoms with Crippen LogP contribution in [0.15, 0.2) is 158 Å². The zero-order valence-electron chi connectivity index (χ0n) is 29.0. The number of nitriles is 2. The van der Waals surface area contributed by atoms with E-state index in [0.29, 0.717) is 45.3 Å². The lowest BCUT2D eigenvalue weighted by Crippen LogP contribution is -2.02. The number of benzene rings is 7. The molecular formula is C47H26F2N6. The molecule has 0 N–H and O–H groups in total. The topological polar surface area (TPSA) is 91.2 Å². The fraction of sp³-hybridized carbons (Fsp3) is 0. The fourth-order valence-corrected chi connectivity index (χ4v) is 7.10. The monoisotopic (exact) mass is 712 g/mol. The first-order chi connectivity index (χ1) is 26.9. The highest BCUT2D eigenvalue weighted by molar-refractivity contribution is 6.10. The van der Waals surface area contributed by atoms with Crippen molar-refractivity contribution < 1.29 is 8.78 Å². The molecule has 9 rings (SSSR count). The lowest BCUT2D eigenvalue weighted by Gasteiger charge is -2.16. The molecule has 0 saturated heterocycles. The van der Waals surface area contributed by atoms with Gasteiger partial charge in [0.2, 0.25) is 0 Å². The standard InChI is InChI=1S/C47H26F2N6/c48-36-22-35(23-37(49)25-36)41-26-38(16-17-40(41)47-53-45(31-9-3-1-4-10-31)52-46(54-47)32-11-5-2-6-12-32)55-43-14-8-7-13-39(43)42-24-33(15-18-44(42)55)34-20-29(27-50)19-30(21-34)28-51/h1-26H. The van der Waals surface area contributed by atoms with Crippen molar-refractivity contribution in [1.82, 2.24) is 19.5 Å². The van der Waals surface area contributed by atoms with Crippen LogP contribution in [0.2, 0.25) is 0 Å². The van der Waals surface area contributed by atoms with Crippen LogP contribution in [-0.2, 0) is 0 Å². The Hall–Kier alpha value is -7.81. The van der Waals surface area contributed by atoms with Gasteiger partial charge >= 0.3 is 0 Å². The summed E-state index contributed by atoms with van der Waals surface area (Å²) in [6.45, 7) is 0. The van der Waals surface area contributed by atoms with E-state index < -0.39 is 11.6 Å². The minimum atomic E-state index is -0.707. The minimum Gasteiger partial charge on any atom is -0.309 e. The molecule has 0 spiro atoms. The van der Waals surface area contributed by atoms with E-state index >= 15 is 0 Å². The number of aromatic nitrogens is 4. The van der Waals surface area contributed by atoms with Gasteiger partial charge in [-0.1, -0.05) is 84.9 Å². The van der Waals surface area contributed by atoms with Crippen molar-refractivity contribution >= 4 is 21.8 Å². The third kappa shape index (κ3) is 6.14. The molecule has 0 aliphatic rings. The van der Waals surface area contributed by atoms with Crippen LogP contribution in [0, 0.1) is 34.3 Å². The molecule has 0 unspecified atom stereocenters. The molecule has 0 aliphatic carbocycles. The molecule has 8 heteroatoms. The zero-order valence-corrected chi connectivity index (χ0v) is 29.0. The lowest BCUT2D eigenvalue weighted by molar-refractivity contribution is 0.584. The number of halogens is 2. The van der Waals surface area contributed by atoms with Gasteiger partial charge in [0.05, 0.1) is 34.3 Å². The maximum Gasteiger partial charge on any atom is 0.164 e. The zero-order chi connectivity index (χ0) is 37.5. The van der Waals surface area contributed by atoms with Crippen molar-refractivity contribution in [3.63, 3.8) is 0 Å². The summed E-state index contributed by atoms with van der Waals surface area (Å²) >= 11 is 0. The van der Waals surface area contributed by atoms with Crippen LogP contribution in [0.1, 0.15) is 11.1 Å². The molecule has 6 nitrogen and oxygen atoms in total. The van der Waals surface area contributed by atoms with Gasteiger partial charge in [-0.2, -0.15) is 10.5 Å². The van der Waals surface area contributed by atoms with Crippen LogP contribution < -0.4 is 0 Å². The van der Waals surface area contributed by atoms with Gasteiger partial charge < -0.3 is 4.57 Å². The Kier molecular flexibility index (Phi) is 8.19.